The molecular weight excluding hydrogens is 178 g/mol. The van der Waals surface area contributed by atoms with Crippen molar-refractivity contribution in [3.8, 4) is 0 Å². The number of thioether (sulfide) groups is 1. The van der Waals surface area contributed by atoms with Crippen molar-refractivity contribution >= 4 is 18.0 Å². The van der Waals surface area contributed by atoms with Crippen molar-refractivity contribution < 1.29 is 0 Å². The average molecular weight is 197 g/mol. The van der Waals surface area contributed by atoms with Crippen molar-refractivity contribution in [3.63, 3.8) is 0 Å². The van der Waals surface area contributed by atoms with Gasteiger partial charge in [-0.1, -0.05) is 13.8 Å². The molecule has 0 radical (unpaired) electrons. The van der Waals surface area contributed by atoms with E-state index in [0.29, 0.717) is 10.2 Å². The van der Waals surface area contributed by atoms with Gasteiger partial charge in [0.1, 0.15) is 0 Å². The van der Waals surface area contributed by atoms with Crippen molar-refractivity contribution in [1.82, 2.24) is 0 Å². The van der Waals surface area contributed by atoms with Gasteiger partial charge in [0, 0.05) is 22.9 Å². The zero-order valence-corrected chi connectivity index (χ0v) is 9.49. The Hall–Kier alpha value is 0.0200. The minimum atomic E-state index is 0.474. The van der Waals surface area contributed by atoms with E-state index in [4.69, 9.17) is 0 Å². The fourth-order valence-corrected chi connectivity index (χ4v) is 4.14. The molecule has 0 aromatic carbocycles. The SMILES string of the molecule is CC1(C)CC2(C=NCCC2)CCS1. The molecule has 1 saturated heterocycles. The molecule has 1 nitrogen and oxygen atoms in total. The topological polar surface area (TPSA) is 12.4 Å². The molecule has 2 aliphatic heterocycles. The quantitative estimate of drug-likeness (QED) is 0.581. The van der Waals surface area contributed by atoms with Crippen LogP contribution >= 0.6 is 11.8 Å². The minimum Gasteiger partial charge on any atom is -0.297 e. The molecule has 0 amide bonds. The van der Waals surface area contributed by atoms with Gasteiger partial charge in [-0.2, -0.15) is 11.8 Å². The Kier molecular flexibility index (Phi) is 2.43. The van der Waals surface area contributed by atoms with Crippen molar-refractivity contribution in [2.45, 2.75) is 44.3 Å². The summed E-state index contributed by atoms with van der Waals surface area (Å²) in [6.45, 7) is 5.82. The zero-order valence-electron chi connectivity index (χ0n) is 8.68. The standard InChI is InChI=1S/C11H19NS/c1-10(2)8-11(5-7-13-10)4-3-6-12-9-11/h9H,3-8H2,1-2H3. The lowest BCUT2D eigenvalue weighted by Gasteiger charge is -2.43. The van der Waals surface area contributed by atoms with E-state index in [1.54, 1.807) is 0 Å². The summed E-state index contributed by atoms with van der Waals surface area (Å²) in [4.78, 5) is 4.49. The van der Waals surface area contributed by atoms with Crippen LogP contribution in [0.4, 0.5) is 0 Å². The smallest absolute Gasteiger partial charge is 0.0385 e. The first kappa shape index (κ1) is 9.57. The summed E-state index contributed by atoms with van der Waals surface area (Å²) < 4.78 is 0.474. The van der Waals surface area contributed by atoms with E-state index in [-0.39, 0.29) is 0 Å². The van der Waals surface area contributed by atoms with E-state index >= 15 is 0 Å². The van der Waals surface area contributed by atoms with Crippen molar-refractivity contribution in [3.05, 3.63) is 0 Å². The maximum atomic E-state index is 4.49. The summed E-state index contributed by atoms with van der Waals surface area (Å²) in [6, 6.07) is 0. The first-order valence-corrected chi connectivity index (χ1v) is 6.26. The summed E-state index contributed by atoms with van der Waals surface area (Å²) in [7, 11) is 0. The summed E-state index contributed by atoms with van der Waals surface area (Å²) in [5.74, 6) is 1.32. The molecule has 1 atom stereocenters. The Morgan fingerprint density at radius 1 is 1.31 bits per heavy atom. The highest BCUT2D eigenvalue weighted by atomic mass is 32.2. The molecule has 0 saturated carbocycles. The van der Waals surface area contributed by atoms with Crippen LogP contribution in [0.1, 0.15) is 39.5 Å². The molecule has 2 aliphatic rings. The maximum Gasteiger partial charge on any atom is 0.0385 e. The molecule has 2 heterocycles. The Balaban J connectivity index is 2.13. The number of hydrogen-bond donors (Lipinski definition) is 0. The van der Waals surface area contributed by atoms with Crippen LogP contribution in [-0.2, 0) is 0 Å². The molecule has 1 spiro atoms. The Morgan fingerprint density at radius 3 is 2.77 bits per heavy atom. The van der Waals surface area contributed by atoms with Crippen LogP contribution in [0.2, 0.25) is 0 Å². The summed E-state index contributed by atoms with van der Waals surface area (Å²) in [5, 5.41) is 0. The van der Waals surface area contributed by atoms with Crippen LogP contribution in [0.5, 0.6) is 0 Å². The molecule has 1 fully saturated rings. The van der Waals surface area contributed by atoms with E-state index in [0.717, 1.165) is 6.54 Å². The van der Waals surface area contributed by atoms with Gasteiger partial charge in [0.2, 0.25) is 0 Å². The predicted octanol–water partition coefficient (Wildman–Crippen LogP) is 3.14. The van der Waals surface area contributed by atoms with Crippen LogP contribution < -0.4 is 0 Å². The number of hydrogen-bond acceptors (Lipinski definition) is 2. The van der Waals surface area contributed by atoms with Gasteiger partial charge < -0.3 is 0 Å². The zero-order chi connectivity index (χ0) is 9.36. The average Bonchev–Trinajstić information content (AvgIpc) is 2.03. The Morgan fingerprint density at radius 2 is 2.15 bits per heavy atom. The van der Waals surface area contributed by atoms with E-state index in [2.05, 4.69) is 36.8 Å². The molecule has 74 valence electrons. The second-order valence-corrected chi connectivity index (χ2v) is 6.84. The lowest BCUT2D eigenvalue weighted by Crippen LogP contribution is -2.38. The van der Waals surface area contributed by atoms with Crippen molar-refractivity contribution in [1.29, 1.82) is 0 Å². The van der Waals surface area contributed by atoms with E-state index < -0.39 is 0 Å². The minimum absolute atomic E-state index is 0.474. The van der Waals surface area contributed by atoms with E-state index in [1.807, 2.05) is 0 Å². The number of aliphatic imine (C=N–C) groups is 1. The second-order valence-electron chi connectivity index (χ2n) is 5.04. The van der Waals surface area contributed by atoms with Crippen molar-refractivity contribution in [2.75, 3.05) is 12.3 Å². The molecule has 0 aromatic rings. The monoisotopic (exact) mass is 197 g/mol. The third-order valence-corrected chi connectivity index (χ3v) is 4.53. The largest absolute Gasteiger partial charge is 0.297 e. The van der Waals surface area contributed by atoms with Gasteiger partial charge in [0.25, 0.3) is 0 Å². The van der Waals surface area contributed by atoms with E-state index in [1.165, 1.54) is 31.4 Å². The second kappa shape index (κ2) is 3.30. The lowest BCUT2D eigenvalue weighted by atomic mass is 9.73. The molecule has 1 unspecified atom stereocenters. The molecular formula is C11H19NS. The van der Waals surface area contributed by atoms with Crippen LogP contribution in [-0.4, -0.2) is 23.3 Å². The lowest BCUT2D eigenvalue weighted by molar-refractivity contribution is 0.295. The number of nitrogens with zero attached hydrogens (tertiary/aromatic N) is 1. The van der Waals surface area contributed by atoms with Crippen LogP contribution in [0.25, 0.3) is 0 Å². The van der Waals surface area contributed by atoms with Gasteiger partial charge in [-0.05, 0) is 31.4 Å². The molecule has 0 N–H and O–H groups in total. The molecule has 2 heteroatoms. The van der Waals surface area contributed by atoms with Gasteiger partial charge in [-0.15, -0.1) is 0 Å². The summed E-state index contributed by atoms with van der Waals surface area (Å²) in [5.41, 5.74) is 0.479. The molecule has 0 aromatic heterocycles. The summed E-state index contributed by atoms with van der Waals surface area (Å²) >= 11 is 2.13. The number of rotatable bonds is 0. The van der Waals surface area contributed by atoms with Crippen LogP contribution in [0, 0.1) is 5.41 Å². The molecule has 2 rings (SSSR count). The van der Waals surface area contributed by atoms with Crippen LogP contribution in [0.3, 0.4) is 0 Å². The summed E-state index contributed by atoms with van der Waals surface area (Å²) in [6.07, 6.45) is 7.63. The van der Waals surface area contributed by atoms with Crippen molar-refractivity contribution in [2.24, 2.45) is 10.4 Å². The van der Waals surface area contributed by atoms with Gasteiger partial charge in [0.05, 0.1) is 0 Å². The predicted molar refractivity (Wildman–Crippen MR) is 60.8 cm³/mol. The fraction of sp³-hybridized carbons (Fsp3) is 0.909. The van der Waals surface area contributed by atoms with Gasteiger partial charge in [0.15, 0.2) is 0 Å². The molecule has 0 aliphatic carbocycles. The van der Waals surface area contributed by atoms with Gasteiger partial charge >= 0.3 is 0 Å². The van der Waals surface area contributed by atoms with Gasteiger partial charge in [-0.25, -0.2) is 0 Å². The fourth-order valence-electron chi connectivity index (χ4n) is 2.69. The maximum absolute atomic E-state index is 4.49. The highest BCUT2D eigenvalue weighted by molar-refractivity contribution is 8.00. The Labute approximate surface area is 85.4 Å². The molecule has 13 heavy (non-hydrogen) atoms. The van der Waals surface area contributed by atoms with Crippen LogP contribution in [0.15, 0.2) is 4.99 Å². The first-order chi connectivity index (χ1) is 6.12. The highest BCUT2D eigenvalue weighted by Crippen LogP contribution is 2.47. The van der Waals surface area contributed by atoms with Gasteiger partial charge in [-0.3, -0.25) is 4.99 Å². The normalized spacial score (nSPS) is 38.0. The molecule has 0 bridgehead atoms. The van der Waals surface area contributed by atoms with E-state index in [9.17, 15) is 0 Å². The first-order valence-electron chi connectivity index (χ1n) is 5.27. The highest BCUT2D eigenvalue weighted by Gasteiger charge is 2.39. The Bertz CT molecular complexity index is 222. The third kappa shape index (κ3) is 2.09. The third-order valence-electron chi connectivity index (χ3n) is 3.20.